The van der Waals surface area contributed by atoms with Crippen molar-refractivity contribution in [2.75, 3.05) is 0 Å². The second-order valence-corrected chi connectivity index (χ2v) is 13.8. The maximum absolute atomic E-state index is 13.2. The highest BCUT2D eigenvalue weighted by Crippen LogP contribution is 2.30. The third-order valence-electron chi connectivity index (χ3n) is 7.96. The summed E-state index contributed by atoms with van der Waals surface area (Å²) >= 11 is 1.39. The number of amides is 2. The third-order valence-corrected chi connectivity index (χ3v) is 9.47. The quantitative estimate of drug-likeness (QED) is 0.132. The number of aryl methyl sites for hydroxylation is 1. The molecule has 0 fully saturated rings. The molecular weight excluding hydrogens is 609 g/mol. The van der Waals surface area contributed by atoms with E-state index in [-0.39, 0.29) is 17.7 Å². The van der Waals surface area contributed by atoms with E-state index in [1.165, 1.54) is 23.8 Å². The van der Waals surface area contributed by atoms with Crippen LogP contribution in [0.1, 0.15) is 53.4 Å². The number of carbonyl (C=O) groups is 2. The number of thiophene rings is 1. The van der Waals surface area contributed by atoms with Crippen LogP contribution in [-0.2, 0) is 16.6 Å². The Kier molecular flexibility index (Phi) is 10.3. The van der Waals surface area contributed by atoms with E-state index in [1.807, 2.05) is 60.9 Å². The van der Waals surface area contributed by atoms with Gasteiger partial charge in [-0.2, -0.15) is 0 Å². The van der Waals surface area contributed by atoms with E-state index in [4.69, 9.17) is 0 Å². The maximum Gasteiger partial charge on any atom is 0.262 e. The van der Waals surface area contributed by atoms with Gasteiger partial charge in [0.15, 0.2) is 12.1 Å². The molecule has 2 heterocycles. The van der Waals surface area contributed by atoms with Crippen molar-refractivity contribution in [2.24, 2.45) is 0 Å². The standard InChI is InChI=1S/C38H40N4O4S/c1-23-19-28(26-9-7-6-8-10-26)15-16-30(23)29-21-39-34(40-22-29)27-13-11-25(12-14-27)20-31(35(43)41-24(2)37(45)46)42-36(44)32-17-18-33(47-32)38(3,4)5/h6-19,21-22,24,31,37,45-46H,20H2,1-5H3,(H,41,43)(H,42,44)/t24-,31+/m1/s1. The van der Waals surface area contributed by atoms with Crippen molar-refractivity contribution in [1.82, 2.24) is 20.6 Å². The molecule has 47 heavy (non-hydrogen) atoms. The van der Waals surface area contributed by atoms with Gasteiger partial charge in [0.25, 0.3) is 5.91 Å². The molecule has 0 spiro atoms. The van der Waals surface area contributed by atoms with Crippen LogP contribution < -0.4 is 10.6 Å². The highest BCUT2D eigenvalue weighted by atomic mass is 32.1. The normalized spacial score (nSPS) is 12.9. The first kappa shape index (κ1) is 33.7. The zero-order chi connectivity index (χ0) is 33.7. The summed E-state index contributed by atoms with van der Waals surface area (Å²) in [4.78, 5) is 37.2. The first-order chi connectivity index (χ1) is 22.4. The summed E-state index contributed by atoms with van der Waals surface area (Å²) in [5.74, 6) is -0.306. The fraction of sp³-hybridized carbons (Fsp3) is 0.263. The number of carbonyl (C=O) groups excluding carboxylic acids is 2. The van der Waals surface area contributed by atoms with Crippen LogP contribution in [0.15, 0.2) is 97.3 Å². The number of rotatable bonds is 10. The second kappa shape index (κ2) is 14.4. The van der Waals surface area contributed by atoms with Gasteiger partial charge in [-0.1, -0.05) is 93.6 Å². The molecule has 0 saturated heterocycles. The Morgan fingerprint density at radius 1 is 0.809 bits per heavy atom. The molecule has 3 aromatic carbocycles. The SMILES string of the molecule is Cc1cc(-c2ccccc2)ccc1-c1cnc(-c2ccc(C[C@H](NC(=O)c3ccc(C(C)(C)C)s3)C(=O)N[C@H](C)C(O)O)cc2)nc1. The first-order valence-electron chi connectivity index (χ1n) is 15.5. The molecule has 2 atom stereocenters. The number of aliphatic hydroxyl groups excluding tert-OH is 1. The topological polar surface area (TPSA) is 124 Å². The number of hydrogen-bond acceptors (Lipinski definition) is 7. The predicted octanol–water partition coefficient (Wildman–Crippen LogP) is 6.30. The van der Waals surface area contributed by atoms with Crippen molar-refractivity contribution in [3.8, 4) is 33.6 Å². The van der Waals surface area contributed by atoms with E-state index in [9.17, 15) is 19.8 Å². The van der Waals surface area contributed by atoms with Gasteiger partial charge in [0.05, 0.1) is 10.9 Å². The summed E-state index contributed by atoms with van der Waals surface area (Å²) < 4.78 is 0. The molecule has 0 radical (unpaired) electrons. The van der Waals surface area contributed by atoms with Crippen molar-refractivity contribution >= 4 is 23.2 Å². The lowest BCUT2D eigenvalue weighted by Gasteiger charge is -2.22. The minimum atomic E-state index is -1.73. The van der Waals surface area contributed by atoms with E-state index in [1.54, 1.807) is 6.07 Å². The van der Waals surface area contributed by atoms with Crippen molar-refractivity contribution < 1.29 is 19.8 Å². The molecule has 0 unspecified atom stereocenters. The van der Waals surface area contributed by atoms with Crippen LogP contribution in [0.2, 0.25) is 0 Å². The summed E-state index contributed by atoms with van der Waals surface area (Å²) in [6, 6.07) is 26.0. The first-order valence-corrected chi connectivity index (χ1v) is 16.4. The van der Waals surface area contributed by atoms with Crippen LogP contribution in [0, 0.1) is 6.92 Å². The van der Waals surface area contributed by atoms with Crippen molar-refractivity contribution in [1.29, 1.82) is 0 Å². The molecule has 242 valence electrons. The van der Waals surface area contributed by atoms with E-state index >= 15 is 0 Å². The van der Waals surface area contributed by atoms with Gasteiger partial charge in [-0.3, -0.25) is 9.59 Å². The zero-order valence-electron chi connectivity index (χ0n) is 27.2. The van der Waals surface area contributed by atoms with Gasteiger partial charge in [-0.05, 0) is 59.2 Å². The molecule has 2 amide bonds. The minimum Gasteiger partial charge on any atom is -0.366 e. The number of hydrogen-bond donors (Lipinski definition) is 4. The predicted molar refractivity (Wildman–Crippen MR) is 187 cm³/mol. The van der Waals surface area contributed by atoms with Crippen LogP contribution >= 0.6 is 11.3 Å². The fourth-order valence-electron chi connectivity index (χ4n) is 5.14. The van der Waals surface area contributed by atoms with Crippen molar-refractivity contribution in [3.05, 3.63) is 118 Å². The van der Waals surface area contributed by atoms with Crippen LogP contribution in [0.25, 0.3) is 33.6 Å². The summed E-state index contributed by atoms with van der Waals surface area (Å²) in [5.41, 5.74) is 6.96. The molecule has 9 heteroatoms. The molecular formula is C38H40N4O4S. The van der Waals surface area contributed by atoms with Gasteiger partial charge in [0, 0.05) is 34.8 Å². The average molecular weight is 649 g/mol. The largest absolute Gasteiger partial charge is 0.366 e. The van der Waals surface area contributed by atoms with Gasteiger partial charge in [0.1, 0.15) is 6.04 Å². The Balaban J connectivity index is 1.30. The number of aromatic nitrogens is 2. The molecule has 5 rings (SSSR count). The van der Waals surface area contributed by atoms with Gasteiger partial charge in [0.2, 0.25) is 5.91 Å². The highest BCUT2D eigenvalue weighted by Gasteiger charge is 2.26. The summed E-state index contributed by atoms with van der Waals surface area (Å²) in [7, 11) is 0. The summed E-state index contributed by atoms with van der Waals surface area (Å²) in [6.07, 6.45) is 2.11. The fourth-order valence-corrected chi connectivity index (χ4v) is 6.11. The Bertz CT molecular complexity index is 1830. The Morgan fingerprint density at radius 2 is 1.47 bits per heavy atom. The maximum atomic E-state index is 13.2. The average Bonchev–Trinajstić information content (AvgIpc) is 3.57. The van der Waals surface area contributed by atoms with Gasteiger partial charge >= 0.3 is 0 Å². The minimum absolute atomic E-state index is 0.106. The zero-order valence-corrected chi connectivity index (χ0v) is 28.0. The lowest BCUT2D eigenvalue weighted by Crippen LogP contribution is -2.52. The molecule has 0 bridgehead atoms. The summed E-state index contributed by atoms with van der Waals surface area (Å²) in [6.45, 7) is 9.80. The van der Waals surface area contributed by atoms with Gasteiger partial charge in [-0.25, -0.2) is 9.97 Å². The molecule has 8 nitrogen and oxygen atoms in total. The van der Waals surface area contributed by atoms with E-state index in [2.05, 4.69) is 78.6 Å². The third kappa shape index (κ3) is 8.37. The Hall–Kier alpha value is -4.70. The number of benzene rings is 3. The van der Waals surface area contributed by atoms with Gasteiger partial charge in [-0.15, -0.1) is 11.3 Å². The summed E-state index contributed by atoms with van der Waals surface area (Å²) in [5, 5.41) is 24.5. The van der Waals surface area contributed by atoms with E-state index in [0.717, 1.165) is 38.3 Å². The molecule has 4 N–H and O–H groups in total. The number of nitrogens with zero attached hydrogens (tertiary/aromatic N) is 2. The molecule has 0 aliphatic rings. The van der Waals surface area contributed by atoms with E-state index in [0.29, 0.717) is 10.7 Å². The Labute approximate surface area is 279 Å². The van der Waals surface area contributed by atoms with Crippen molar-refractivity contribution in [2.45, 2.75) is 64.8 Å². The highest BCUT2D eigenvalue weighted by molar-refractivity contribution is 7.14. The molecule has 5 aromatic rings. The lowest BCUT2D eigenvalue weighted by atomic mass is 9.95. The van der Waals surface area contributed by atoms with Crippen LogP contribution in [-0.4, -0.2) is 50.4 Å². The molecule has 0 aliphatic carbocycles. The number of aliphatic hydroxyl groups is 2. The monoisotopic (exact) mass is 648 g/mol. The van der Waals surface area contributed by atoms with E-state index < -0.39 is 24.3 Å². The van der Waals surface area contributed by atoms with Crippen molar-refractivity contribution in [3.63, 3.8) is 0 Å². The van der Waals surface area contributed by atoms with Crippen LogP contribution in [0.4, 0.5) is 0 Å². The number of nitrogens with one attached hydrogen (secondary N) is 2. The molecule has 0 saturated carbocycles. The Morgan fingerprint density at radius 3 is 2.06 bits per heavy atom. The van der Waals surface area contributed by atoms with Crippen LogP contribution in [0.5, 0.6) is 0 Å². The smallest absolute Gasteiger partial charge is 0.262 e. The molecule has 2 aromatic heterocycles. The second-order valence-electron chi connectivity index (χ2n) is 12.7. The van der Waals surface area contributed by atoms with Crippen LogP contribution in [0.3, 0.4) is 0 Å². The lowest BCUT2D eigenvalue weighted by molar-refractivity contribution is -0.128. The van der Waals surface area contributed by atoms with Gasteiger partial charge < -0.3 is 20.8 Å². The molecule has 0 aliphatic heterocycles.